The minimum absolute atomic E-state index is 0.113. The highest BCUT2D eigenvalue weighted by Crippen LogP contribution is 2.21. The molecule has 5 heteroatoms. The summed E-state index contributed by atoms with van der Waals surface area (Å²) in [6, 6.07) is 17.7. The van der Waals surface area contributed by atoms with Gasteiger partial charge in [-0.3, -0.25) is 9.78 Å². The second-order valence-electron chi connectivity index (χ2n) is 6.02. The summed E-state index contributed by atoms with van der Waals surface area (Å²) >= 11 is 1.99. The van der Waals surface area contributed by atoms with Gasteiger partial charge in [-0.2, -0.15) is 11.8 Å². The molecule has 1 amide bonds. The highest BCUT2D eigenvalue weighted by molar-refractivity contribution is 7.99. The molecule has 0 unspecified atom stereocenters. The summed E-state index contributed by atoms with van der Waals surface area (Å²) in [6.07, 6.45) is 1.69. The molecule has 1 saturated heterocycles. The summed E-state index contributed by atoms with van der Waals surface area (Å²) in [7, 11) is 0. The van der Waals surface area contributed by atoms with Crippen LogP contribution in [-0.4, -0.2) is 35.5 Å². The lowest BCUT2D eigenvalue weighted by atomic mass is 10.1. The van der Waals surface area contributed by atoms with Crippen LogP contribution < -0.4 is 10.2 Å². The normalized spacial score (nSPS) is 14.5. The molecule has 0 spiro atoms. The number of carbonyl (C=O) groups excluding carboxylic acids is 1. The Morgan fingerprint density at radius 2 is 1.80 bits per heavy atom. The molecular weight excluding hydrogens is 330 g/mol. The quantitative estimate of drug-likeness (QED) is 0.775. The zero-order valence-corrected chi connectivity index (χ0v) is 14.6. The van der Waals surface area contributed by atoms with Crippen LogP contribution in [0.15, 0.2) is 60.8 Å². The van der Waals surface area contributed by atoms with Gasteiger partial charge in [0.15, 0.2) is 0 Å². The molecule has 4 nitrogen and oxygen atoms in total. The fourth-order valence-corrected chi connectivity index (χ4v) is 3.89. The van der Waals surface area contributed by atoms with Crippen LogP contribution in [0.1, 0.15) is 10.4 Å². The molecular formula is C20H19N3OS. The Bertz CT molecular complexity index is 889. The number of hydrogen-bond donors (Lipinski definition) is 1. The van der Waals surface area contributed by atoms with E-state index in [0.717, 1.165) is 35.5 Å². The number of fused-ring (bicyclic) bond motifs is 1. The molecule has 0 bridgehead atoms. The van der Waals surface area contributed by atoms with Gasteiger partial charge in [0, 0.05) is 41.2 Å². The molecule has 0 atom stereocenters. The van der Waals surface area contributed by atoms with Gasteiger partial charge in [-0.1, -0.05) is 18.2 Å². The van der Waals surface area contributed by atoms with Crippen molar-refractivity contribution in [2.45, 2.75) is 0 Å². The van der Waals surface area contributed by atoms with Gasteiger partial charge in [-0.05, 0) is 36.4 Å². The van der Waals surface area contributed by atoms with E-state index in [1.807, 2.05) is 66.4 Å². The number of aromatic nitrogens is 1. The number of nitrogens with zero attached hydrogens (tertiary/aromatic N) is 2. The van der Waals surface area contributed by atoms with Crippen LogP contribution in [0.2, 0.25) is 0 Å². The molecule has 2 heterocycles. The molecule has 0 saturated carbocycles. The van der Waals surface area contributed by atoms with Gasteiger partial charge in [0.25, 0.3) is 5.91 Å². The lowest BCUT2D eigenvalue weighted by molar-refractivity contribution is 0.102. The first-order valence-electron chi connectivity index (χ1n) is 8.38. The predicted octanol–water partition coefficient (Wildman–Crippen LogP) is 4.04. The van der Waals surface area contributed by atoms with E-state index < -0.39 is 0 Å². The minimum Gasteiger partial charge on any atom is -0.370 e. The number of anilines is 2. The minimum atomic E-state index is -0.113. The van der Waals surface area contributed by atoms with Gasteiger partial charge in [-0.15, -0.1) is 0 Å². The third kappa shape index (κ3) is 3.61. The van der Waals surface area contributed by atoms with E-state index in [-0.39, 0.29) is 5.91 Å². The van der Waals surface area contributed by atoms with Crippen molar-refractivity contribution in [2.24, 2.45) is 0 Å². The number of rotatable bonds is 3. The van der Waals surface area contributed by atoms with Crippen LogP contribution >= 0.6 is 11.8 Å². The SMILES string of the molecule is O=C(Nc1cnc2ccccc2c1)c1ccc(N2CCSCC2)cc1. The molecule has 2 aromatic carbocycles. The summed E-state index contributed by atoms with van der Waals surface area (Å²) in [6.45, 7) is 2.14. The third-order valence-electron chi connectivity index (χ3n) is 4.35. The predicted molar refractivity (Wildman–Crippen MR) is 106 cm³/mol. The number of carbonyl (C=O) groups is 1. The lowest BCUT2D eigenvalue weighted by Crippen LogP contribution is -2.32. The fourth-order valence-electron chi connectivity index (χ4n) is 2.99. The second-order valence-corrected chi connectivity index (χ2v) is 7.24. The summed E-state index contributed by atoms with van der Waals surface area (Å²) in [5.74, 6) is 2.21. The first-order valence-corrected chi connectivity index (χ1v) is 9.54. The fraction of sp³-hybridized carbons (Fsp3) is 0.200. The van der Waals surface area contributed by atoms with Gasteiger partial charge >= 0.3 is 0 Å². The number of para-hydroxylation sites is 1. The molecule has 0 radical (unpaired) electrons. The van der Waals surface area contributed by atoms with E-state index in [2.05, 4.69) is 15.2 Å². The third-order valence-corrected chi connectivity index (χ3v) is 5.30. The maximum absolute atomic E-state index is 12.5. The average Bonchev–Trinajstić information content (AvgIpc) is 2.69. The van der Waals surface area contributed by atoms with Gasteiger partial charge in [0.05, 0.1) is 17.4 Å². The summed E-state index contributed by atoms with van der Waals surface area (Å²) in [5.41, 5.74) is 3.47. The smallest absolute Gasteiger partial charge is 0.255 e. The van der Waals surface area contributed by atoms with E-state index in [9.17, 15) is 4.79 Å². The van der Waals surface area contributed by atoms with Crippen molar-refractivity contribution >= 4 is 39.9 Å². The summed E-state index contributed by atoms with van der Waals surface area (Å²) in [4.78, 5) is 19.2. The largest absolute Gasteiger partial charge is 0.370 e. The first-order chi connectivity index (χ1) is 12.3. The van der Waals surface area contributed by atoms with Crippen molar-refractivity contribution in [3.8, 4) is 0 Å². The molecule has 0 aliphatic carbocycles. The number of hydrogen-bond acceptors (Lipinski definition) is 4. The Labute approximate surface area is 151 Å². The Morgan fingerprint density at radius 3 is 2.60 bits per heavy atom. The molecule has 1 aliphatic rings. The zero-order chi connectivity index (χ0) is 17.1. The van der Waals surface area contributed by atoms with Crippen LogP contribution in [-0.2, 0) is 0 Å². The van der Waals surface area contributed by atoms with Gasteiger partial charge in [0.1, 0.15) is 0 Å². The first kappa shape index (κ1) is 16.0. The van der Waals surface area contributed by atoms with E-state index in [0.29, 0.717) is 11.3 Å². The highest BCUT2D eigenvalue weighted by Gasteiger charge is 2.12. The van der Waals surface area contributed by atoms with Crippen molar-refractivity contribution in [3.63, 3.8) is 0 Å². The Balaban J connectivity index is 1.48. The van der Waals surface area contributed by atoms with E-state index >= 15 is 0 Å². The van der Waals surface area contributed by atoms with Crippen molar-refractivity contribution in [2.75, 3.05) is 34.8 Å². The summed E-state index contributed by atoms with van der Waals surface area (Å²) < 4.78 is 0. The van der Waals surface area contributed by atoms with E-state index in [1.165, 1.54) is 5.69 Å². The number of amides is 1. The van der Waals surface area contributed by atoms with Crippen molar-refractivity contribution < 1.29 is 4.79 Å². The zero-order valence-electron chi connectivity index (χ0n) is 13.8. The molecule has 126 valence electrons. The molecule has 1 aromatic heterocycles. The standard InChI is InChI=1S/C20H19N3OS/c24-20(22-17-13-16-3-1-2-4-19(16)21-14-17)15-5-7-18(8-6-15)23-9-11-25-12-10-23/h1-8,13-14H,9-12H2,(H,22,24). The Kier molecular flexibility index (Phi) is 4.57. The molecule has 3 aromatic rings. The van der Waals surface area contributed by atoms with E-state index in [1.54, 1.807) is 6.20 Å². The molecule has 1 fully saturated rings. The van der Waals surface area contributed by atoms with Crippen molar-refractivity contribution in [1.82, 2.24) is 4.98 Å². The maximum Gasteiger partial charge on any atom is 0.255 e. The Morgan fingerprint density at radius 1 is 1.04 bits per heavy atom. The average molecular weight is 349 g/mol. The van der Waals surface area contributed by atoms with Crippen LogP contribution in [0.3, 0.4) is 0 Å². The maximum atomic E-state index is 12.5. The number of pyridine rings is 1. The Hall–Kier alpha value is -2.53. The lowest BCUT2D eigenvalue weighted by Gasteiger charge is -2.28. The number of thioether (sulfide) groups is 1. The second kappa shape index (κ2) is 7.15. The molecule has 1 N–H and O–H groups in total. The molecule has 1 aliphatic heterocycles. The van der Waals surface area contributed by atoms with Gasteiger partial charge in [0.2, 0.25) is 0 Å². The highest BCUT2D eigenvalue weighted by atomic mass is 32.2. The molecule has 4 rings (SSSR count). The molecule has 25 heavy (non-hydrogen) atoms. The monoisotopic (exact) mass is 349 g/mol. The van der Waals surface area contributed by atoms with Gasteiger partial charge < -0.3 is 10.2 Å². The van der Waals surface area contributed by atoms with Crippen molar-refractivity contribution in [3.05, 3.63) is 66.4 Å². The topological polar surface area (TPSA) is 45.2 Å². The van der Waals surface area contributed by atoms with E-state index in [4.69, 9.17) is 0 Å². The van der Waals surface area contributed by atoms with Crippen LogP contribution in [0.5, 0.6) is 0 Å². The van der Waals surface area contributed by atoms with Crippen LogP contribution in [0.4, 0.5) is 11.4 Å². The number of benzene rings is 2. The summed E-state index contributed by atoms with van der Waals surface area (Å²) in [5, 5.41) is 3.94. The van der Waals surface area contributed by atoms with Gasteiger partial charge in [-0.25, -0.2) is 0 Å². The number of nitrogens with one attached hydrogen (secondary N) is 1. The van der Waals surface area contributed by atoms with Crippen LogP contribution in [0.25, 0.3) is 10.9 Å². The van der Waals surface area contributed by atoms with Crippen LogP contribution in [0, 0.1) is 0 Å². The van der Waals surface area contributed by atoms with Crippen molar-refractivity contribution in [1.29, 1.82) is 0 Å².